The van der Waals surface area contributed by atoms with Crippen molar-refractivity contribution in [1.82, 2.24) is 4.98 Å². The fraction of sp³-hybridized carbons (Fsp3) is 0. The van der Waals surface area contributed by atoms with Crippen molar-refractivity contribution < 1.29 is 0 Å². The van der Waals surface area contributed by atoms with E-state index in [1.165, 1.54) is 52.8 Å². The molecule has 2 heteroatoms. The molecule has 1 nitrogen and oxygen atoms in total. The topological polar surface area (TPSA) is 15.8 Å². The molecule has 2 heterocycles. The van der Waals surface area contributed by atoms with Gasteiger partial charge in [0, 0.05) is 31.8 Å². The van der Waals surface area contributed by atoms with Crippen LogP contribution in [0.15, 0.2) is 60.7 Å². The van der Waals surface area contributed by atoms with Crippen molar-refractivity contribution in [3.63, 3.8) is 0 Å². The summed E-state index contributed by atoms with van der Waals surface area (Å²) in [6.45, 7) is 0. The molecule has 102 valence electrons. The highest BCUT2D eigenvalue weighted by Gasteiger charge is 2.15. The Morgan fingerprint density at radius 3 is 2.64 bits per heavy atom. The summed E-state index contributed by atoms with van der Waals surface area (Å²) in [4.78, 5) is 3.67. The van der Waals surface area contributed by atoms with Crippen molar-refractivity contribution >= 4 is 64.1 Å². The predicted molar refractivity (Wildman–Crippen MR) is 97.4 cm³/mol. The van der Waals surface area contributed by atoms with Crippen molar-refractivity contribution in [2.45, 2.75) is 0 Å². The van der Waals surface area contributed by atoms with Crippen LogP contribution in [0.5, 0.6) is 0 Å². The highest BCUT2D eigenvalue weighted by Crippen LogP contribution is 2.43. The molecule has 2 aromatic heterocycles. The molecular formula is C20H11NS. The molecule has 0 spiro atoms. The van der Waals surface area contributed by atoms with Crippen molar-refractivity contribution in [1.29, 1.82) is 0 Å². The Labute approximate surface area is 130 Å². The number of hydrogen-bond donors (Lipinski definition) is 1. The van der Waals surface area contributed by atoms with Crippen LogP contribution in [-0.4, -0.2) is 4.98 Å². The smallest absolute Gasteiger partial charge is 0.0652 e. The lowest BCUT2D eigenvalue weighted by Gasteiger charge is -2.02. The van der Waals surface area contributed by atoms with Crippen LogP contribution in [0, 0.1) is 0 Å². The van der Waals surface area contributed by atoms with Crippen LogP contribution >= 0.6 is 11.3 Å². The van der Waals surface area contributed by atoms with Gasteiger partial charge in [-0.3, -0.25) is 0 Å². The van der Waals surface area contributed by atoms with Gasteiger partial charge in [-0.1, -0.05) is 42.5 Å². The van der Waals surface area contributed by atoms with Crippen LogP contribution in [0.1, 0.15) is 0 Å². The molecule has 22 heavy (non-hydrogen) atoms. The molecule has 0 unspecified atom stereocenters. The van der Waals surface area contributed by atoms with Gasteiger partial charge in [0.1, 0.15) is 0 Å². The maximum atomic E-state index is 3.67. The fourth-order valence-corrected chi connectivity index (χ4v) is 4.99. The van der Waals surface area contributed by atoms with Crippen molar-refractivity contribution in [2.24, 2.45) is 0 Å². The molecule has 0 aliphatic carbocycles. The fourth-order valence-electron chi connectivity index (χ4n) is 3.81. The van der Waals surface area contributed by atoms with E-state index >= 15 is 0 Å². The monoisotopic (exact) mass is 297 g/mol. The SMILES string of the molecule is c1cc2ccc3cc4c5ccccc5sc4c4[nH]c(c1)c2c34. The first-order valence-corrected chi connectivity index (χ1v) is 8.28. The highest BCUT2D eigenvalue weighted by atomic mass is 32.1. The third-order valence-corrected chi connectivity index (χ3v) is 5.95. The summed E-state index contributed by atoms with van der Waals surface area (Å²) in [7, 11) is 0. The van der Waals surface area contributed by atoms with E-state index in [1.54, 1.807) is 0 Å². The second-order valence-corrected chi connectivity index (χ2v) is 6.97. The Hall–Kier alpha value is -2.58. The second-order valence-electron chi connectivity index (χ2n) is 5.92. The largest absolute Gasteiger partial charge is 0.353 e. The summed E-state index contributed by atoms with van der Waals surface area (Å²) in [6.07, 6.45) is 0. The zero-order valence-corrected chi connectivity index (χ0v) is 12.5. The van der Waals surface area contributed by atoms with E-state index in [1.807, 2.05) is 11.3 Å². The Kier molecular flexibility index (Phi) is 1.81. The first-order chi connectivity index (χ1) is 10.9. The number of fused-ring (bicyclic) bond motifs is 4. The second kappa shape index (κ2) is 3.60. The van der Waals surface area contributed by atoms with Gasteiger partial charge in [0.2, 0.25) is 0 Å². The molecule has 0 aliphatic heterocycles. The molecule has 0 bridgehead atoms. The number of aromatic amines is 1. The maximum Gasteiger partial charge on any atom is 0.0652 e. The molecule has 4 aromatic carbocycles. The molecule has 0 saturated heterocycles. The average molecular weight is 297 g/mol. The Balaban J connectivity index is 2.03. The summed E-state index contributed by atoms with van der Waals surface area (Å²) in [5.74, 6) is 0. The van der Waals surface area contributed by atoms with E-state index in [2.05, 4.69) is 65.6 Å². The Bertz CT molecular complexity index is 1320. The van der Waals surface area contributed by atoms with E-state index in [-0.39, 0.29) is 0 Å². The summed E-state index contributed by atoms with van der Waals surface area (Å²) < 4.78 is 2.73. The van der Waals surface area contributed by atoms with E-state index < -0.39 is 0 Å². The Morgan fingerprint density at radius 2 is 1.64 bits per heavy atom. The van der Waals surface area contributed by atoms with Crippen molar-refractivity contribution in [2.75, 3.05) is 0 Å². The van der Waals surface area contributed by atoms with Crippen LogP contribution in [0.25, 0.3) is 52.8 Å². The maximum absolute atomic E-state index is 3.67. The molecule has 0 saturated carbocycles. The lowest BCUT2D eigenvalue weighted by atomic mass is 10.0. The van der Waals surface area contributed by atoms with Gasteiger partial charge in [-0.2, -0.15) is 0 Å². The molecule has 0 radical (unpaired) electrons. The van der Waals surface area contributed by atoms with Gasteiger partial charge >= 0.3 is 0 Å². The lowest BCUT2D eigenvalue weighted by Crippen LogP contribution is -1.76. The first-order valence-electron chi connectivity index (χ1n) is 7.47. The van der Waals surface area contributed by atoms with Crippen LogP contribution in [0.2, 0.25) is 0 Å². The number of nitrogens with one attached hydrogen (secondary N) is 1. The molecule has 0 amide bonds. The van der Waals surface area contributed by atoms with Crippen molar-refractivity contribution in [3.05, 3.63) is 60.7 Å². The van der Waals surface area contributed by atoms with Gasteiger partial charge in [0.25, 0.3) is 0 Å². The van der Waals surface area contributed by atoms with Crippen LogP contribution in [0.3, 0.4) is 0 Å². The van der Waals surface area contributed by atoms with Crippen LogP contribution < -0.4 is 0 Å². The third kappa shape index (κ3) is 1.17. The quantitative estimate of drug-likeness (QED) is 0.317. The number of H-pyrrole nitrogens is 1. The van der Waals surface area contributed by atoms with Gasteiger partial charge < -0.3 is 4.98 Å². The third-order valence-electron chi connectivity index (χ3n) is 4.75. The predicted octanol–water partition coefficient (Wildman–Crippen LogP) is 6.28. The van der Waals surface area contributed by atoms with E-state index in [4.69, 9.17) is 0 Å². The molecule has 1 N–H and O–H groups in total. The number of benzene rings is 4. The molecule has 0 fully saturated rings. The highest BCUT2D eigenvalue weighted by molar-refractivity contribution is 7.26. The van der Waals surface area contributed by atoms with E-state index in [0.717, 1.165) is 0 Å². The van der Waals surface area contributed by atoms with Crippen LogP contribution in [-0.2, 0) is 0 Å². The first kappa shape index (κ1) is 11.0. The summed E-state index contributed by atoms with van der Waals surface area (Å²) in [6, 6.07) is 22.1. The number of aromatic nitrogens is 1. The molecule has 6 rings (SSSR count). The molecule has 6 aromatic rings. The minimum atomic E-state index is 1.24. The van der Waals surface area contributed by atoms with Crippen LogP contribution in [0.4, 0.5) is 0 Å². The number of rotatable bonds is 0. The van der Waals surface area contributed by atoms with Gasteiger partial charge in [0.15, 0.2) is 0 Å². The average Bonchev–Trinajstić information content (AvgIpc) is 3.12. The minimum Gasteiger partial charge on any atom is -0.353 e. The molecular weight excluding hydrogens is 286 g/mol. The van der Waals surface area contributed by atoms with E-state index in [9.17, 15) is 0 Å². The summed E-state index contributed by atoms with van der Waals surface area (Å²) in [5, 5.41) is 8.12. The van der Waals surface area contributed by atoms with Gasteiger partial charge in [-0.25, -0.2) is 0 Å². The minimum absolute atomic E-state index is 1.24. The van der Waals surface area contributed by atoms with E-state index in [0.29, 0.717) is 0 Å². The lowest BCUT2D eigenvalue weighted by molar-refractivity contribution is 1.58. The normalized spacial score (nSPS) is 12.5. The summed E-state index contributed by atoms with van der Waals surface area (Å²) in [5.41, 5.74) is 2.53. The number of hydrogen-bond acceptors (Lipinski definition) is 1. The van der Waals surface area contributed by atoms with Gasteiger partial charge in [-0.15, -0.1) is 11.3 Å². The standard InChI is InChI=1S/C20H11NS/c1-2-7-16-13(5-1)14-10-12-9-8-11-4-3-6-15-17(11)18(12)19(21-15)20(14)22-16/h1-10,21H. The zero-order chi connectivity index (χ0) is 14.3. The summed E-state index contributed by atoms with van der Waals surface area (Å²) >= 11 is 1.89. The van der Waals surface area contributed by atoms with Gasteiger partial charge in [0.05, 0.1) is 10.2 Å². The molecule has 0 atom stereocenters. The number of thiophene rings is 1. The Morgan fingerprint density at radius 1 is 0.727 bits per heavy atom. The van der Waals surface area contributed by atoms with Crippen molar-refractivity contribution in [3.8, 4) is 0 Å². The molecule has 0 aliphatic rings. The van der Waals surface area contributed by atoms with Gasteiger partial charge in [-0.05, 0) is 29.0 Å². The zero-order valence-electron chi connectivity index (χ0n) is 11.7.